The molecule has 2 N–H and O–H groups in total. The van der Waals surface area contributed by atoms with Crippen LogP contribution in [0.5, 0.6) is 0 Å². The van der Waals surface area contributed by atoms with E-state index in [0.29, 0.717) is 25.1 Å². The van der Waals surface area contributed by atoms with Crippen LogP contribution in [0.4, 0.5) is 0 Å². The van der Waals surface area contributed by atoms with E-state index in [9.17, 15) is 14.4 Å². The SMILES string of the molecule is Cc1cn(C/C=C\CNC(=O)Cc2cccc3ccccc23)c(=O)[nH]c1=O. The van der Waals surface area contributed by atoms with Crippen LogP contribution < -0.4 is 16.6 Å². The number of carbonyl (C=O) groups is 1. The fourth-order valence-corrected chi connectivity index (χ4v) is 2.88. The lowest BCUT2D eigenvalue weighted by molar-refractivity contribution is -0.120. The molecule has 0 atom stereocenters. The molecule has 0 fully saturated rings. The monoisotopic (exact) mass is 363 g/mol. The van der Waals surface area contributed by atoms with Crippen LogP contribution in [0.3, 0.4) is 0 Å². The zero-order valence-corrected chi connectivity index (χ0v) is 15.1. The molecular formula is C21H21N3O3. The Kier molecular flexibility index (Phi) is 5.66. The summed E-state index contributed by atoms with van der Waals surface area (Å²) in [6, 6.07) is 13.9. The van der Waals surface area contributed by atoms with Crippen LogP contribution in [-0.4, -0.2) is 22.0 Å². The van der Waals surface area contributed by atoms with E-state index in [1.54, 1.807) is 19.1 Å². The molecule has 2 aromatic carbocycles. The van der Waals surface area contributed by atoms with E-state index >= 15 is 0 Å². The van der Waals surface area contributed by atoms with Crippen molar-refractivity contribution >= 4 is 16.7 Å². The molecule has 0 aliphatic rings. The van der Waals surface area contributed by atoms with Gasteiger partial charge in [-0.2, -0.15) is 0 Å². The summed E-state index contributed by atoms with van der Waals surface area (Å²) in [7, 11) is 0. The van der Waals surface area contributed by atoms with E-state index in [1.807, 2.05) is 42.5 Å². The Balaban J connectivity index is 1.54. The second kappa shape index (κ2) is 8.31. The second-order valence-corrected chi connectivity index (χ2v) is 6.31. The molecular weight excluding hydrogens is 342 g/mol. The maximum absolute atomic E-state index is 12.2. The molecule has 0 bridgehead atoms. The van der Waals surface area contributed by atoms with Gasteiger partial charge in [0.2, 0.25) is 5.91 Å². The summed E-state index contributed by atoms with van der Waals surface area (Å²) in [5.41, 5.74) is 0.646. The number of aryl methyl sites for hydroxylation is 1. The van der Waals surface area contributed by atoms with E-state index in [0.717, 1.165) is 16.3 Å². The fourth-order valence-electron chi connectivity index (χ4n) is 2.88. The molecule has 3 aromatic rings. The van der Waals surface area contributed by atoms with Crippen LogP contribution in [0.2, 0.25) is 0 Å². The Morgan fingerprint density at radius 1 is 1.11 bits per heavy atom. The van der Waals surface area contributed by atoms with E-state index < -0.39 is 5.69 Å². The van der Waals surface area contributed by atoms with Crippen molar-refractivity contribution in [3.63, 3.8) is 0 Å². The number of carbonyl (C=O) groups excluding carboxylic acids is 1. The van der Waals surface area contributed by atoms with Crippen molar-refractivity contribution in [3.05, 3.63) is 92.8 Å². The summed E-state index contributed by atoms with van der Waals surface area (Å²) in [5.74, 6) is -0.0620. The van der Waals surface area contributed by atoms with Gasteiger partial charge in [0.25, 0.3) is 5.56 Å². The van der Waals surface area contributed by atoms with E-state index in [1.165, 1.54) is 10.8 Å². The molecule has 0 saturated carbocycles. The Labute approximate surface area is 156 Å². The number of hydrogen-bond acceptors (Lipinski definition) is 3. The van der Waals surface area contributed by atoms with Gasteiger partial charge >= 0.3 is 5.69 Å². The van der Waals surface area contributed by atoms with Crippen molar-refractivity contribution in [2.75, 3.05) is 6.54 Å². The molecule has 6 nitrogen and oxygen atoms in total. The molecule has 0 spiro atoms. The summed E-state index contributed by atoms with van der Waals surface area (Å²) < 4.78 is 1.41. The third kappa shape index (κ3) is 4.61. The quantitative estimate of drug-likeness (QED) is 0.656. The van der Waals surface area contributed by atoms with Gasteiger partial charge in [0, 0.05) is 24.8 Å². The number of nitrogens with zero attached hydrogens (tertiary/aromatic N) is 1. The van der Waals surface area contributed by atoms with Gasteiger partial charge in [-0.15, -0.1) is 0 Å². The molecule has 138 valence electrons. The van der Waals surface area contributed by atoms with Gasteiger partial charge in [0.05, 0.1) is 6.42 Å². The minimum atomic E-state index is -0.449. The third-order valence-corrected chi connectivity index (χ3v) is 4.31. The molecule has 0 aliphatic heterocycles. The van der Waals surface area contributed by atoms with Crippen LogP contribution in [0, 0.1) is 6.92 Å². The van der Waals surface area contributed by atoms with Gasteiger partial charge in [-0.1, -0.05) is 54.6 Å². The first-order chi connectivity index (χ1) is 13.0. The number of H-pyrrole nitrogens is 1. The molecule has 0 saturated heterocycles. The van der Waals surface area contributed by atoms with Gasteiger partial charge in [0.15, 0.2) is 0 Å². The lowest BCUT2D eigenvalue weighted by Gasteiger charge is -2.07. The van der Waals surface area contributed by atoms with Crippen molar-refractivity contribution < 1.29 is 4.79 Å². The molecule has 0 aliphatic carbocycles. The molecule has 1 aromatic heterocycles. The topological polar surface area (TPSA) is 84.0 Å². The summed E-state index contributed by atoms with van der Waals surface area (Å²) in [6.45, 7) is 2.35. The first-order valence-electron chi connectivity index (χ1n) is 8.73. The van der Waals surface area contributed by atoms with Crippen LogP contribution in [-0.2, 0) is 17.8 Å². The summed E-state index contributed by atoms with van der Waals surface area (Å²) in [4.78, 5) is 37.5. The van der Waals surface area contributed by atoms with Crippen molar-refractivity contribution in [2.45, 2.75) is 19.9 Å². The number of rotatable bonds is 6. The molecule has 1 heterocycles. The number of amides is 1. The highest BCUT2D eigenvalue weighted by atomic mass is 16.2. The van der Waals surface area contributed by atoms with Gasteiger partial charge in [-0.3, -0.25) is 19.1 Å². The van der Waals surface area contributed by atoms with Crippen LogP contribution in [0.15, 0.2) is 70.4 Å². The first-order valence-corrected chi connectivity index (χ1v) is 8.73. The summed E-state index contributed by atoms with van der Waals surface area (Å²) in [5, 5.41) is 5.04. The van der Waals surface area contributed by atoms with Crippen LogP contribution in [0.1, 0.15) is 11.1 Å². The first kappa shape index (κ1) is 18.4. The minimum absolute atomic E-state index is 0.0620. The largest absolute Gasteiger partial charge is 0.352 e. The number of benzene rings is 2. The van der Waals surface area contributed by atoms with Gasteiger partial charge < -0.3 is 5.32 Å². The smallest absolute Gasteiger partial charge is 0.328 e. The normalized spacial score (nSPS) is 11.1. The average molecular weight is 363 g/mol. The highest BCUT2D eigenvalue weighted by Gasteiger charge is 2.05. The van der Waals surface area contributed by atoms with Crippen molar-refractivity contribution in [1.29, 1.82) is 0 Å². The predicted molar refractivity (Wildman–Crippen MR) is 106 cm³/mol. The molecule has 0 unspecified atom stereocenters. The Morgan fingerprint density at radius 2 is 1.89 bits per heavy atom. The summed E-state index contributed by atoms with van der Waals surface area (Å²) >= 11 is 0. The minimum Gasteiger partial charge on any atom is -0.352 e. The Morgan fingerprint density at radius 3 is 2.74 bits per heavy atom. The van der Waals surface area contributed by atoms with E-state index in [2.05, 4.69) is 10.3 Å². The molecule has 6 heteroatoms. The maximum Gasteiger partial charge on any atom is 0.328 e. The third-order valence-electron chi connectivity index (χ3n) is 4.31. The van der Waals surface area contributed by atoms with Gasteiger partial charge in [0.1, 0.15) is 0 Å². The number of fused-ring (bicyclic) bond motifs is 1. The maximum atomic E-state index is 12.2. The summed E-state index contributed by atoms with van der Waals surface area (Å²) in [6.07, 6.45) is 5.39. The van der Waals surface area contributed by atoms with Gasteiger partial charge in [-0.05, 0) is 23.3 Å². The van der Waals surface area contributed by atoms with Crippen molar-refractivity contribution in [2.24, 2.45) is 0 Å². The molecule has 0 radical (unpaired) electrons. The molecule has 1 amide bonds. The fraction of sp³-hybridized carbons (Fsp3) is 0.190. The number of aromatic amines is 1. The van der Waals surface area contributed by atoms with Crippen LogP contribution in [0.25, 0.3) is 10.8 Å². The Bertz CT molecular complexity index is 1100. The molecule has 3 rings (SSSR count). The van der Waals surface area contributed by atoms with Gasteiger partial charge in [-0.25, -0.2) is 4.79 Å². The highest BCUT2D eigenvalue weighted by Crippen LogP contribution is 2.18. The predicted octanol–water partition coefficient (Wildman–Crippen LogP) is 1.91. The average Bonchev–Trinajstić information content (AvgIpc) is 2.66. The van der Waals surface area contributed by atoms with Crippen LogP contribution >= 0.6 is 0 Å². The highest BCUT2D eigenvalue weighted by molar-refractivity contribution is 5.90. The zero-order chi connectivity index (χ0) is 19.2. The molecule has 27 heavy (non-hydrogen) atoms. The van der Waals surface area contributed by atoms with E-state index in [-0.39, 0.29) is 11.5 Å². The number of allylic oxidation sites excluding steroid dienone is 1. The van der Waals surface area contributed by atoms with Crippen molar-refractivity contribution in [3.8, 4) is 0 Å². The number of hydrogen-bond donors (Lipinski definition) is 2. The number of nitrogens with one attached hydrogen (secondary N) is 2. The lowest BCUT2D eigenvalue weighted by Crippen LogP contribution is -2.30. The standard InChI is InChI=1S/C21H21N3O3/c1-15-14-24(21(27)23-20(15)26)12-5-4-11-22-19(25)13-17-9-6-8-16-7-2-3-10-18(16)17/h2-10,14H,11-13H2,1H3,(H,22,25)(H,23,26,27)/b5-4-. The van der Waals surface area contributed by atoms with Crippen molar-refractivity contribution in [1.82, 2.24) is 14.9 Å². The number of aromatic nitrogens is 2. The van der Waals surface area contributed by atoms with E-state index in [4.69, 9.17) is 0 Å². The lowest BCUT2D eigenvalue weighted by atomic mass is 10.0. The zero-order valence-electron chi connectivity index (χ0n) is 15.1. The second-order valence-electron chi connectivity index (χ2n) is 6.31. The Hall–Kier alpha value is -3.41.